The van der Waals surface area contributed by atoms with Crippen molar-refractivity contribution in [2.75, 3.05) is 6.16 Å². The highest BCUT2D eigenvalue weighted by Gasteiger charge is 2.46. The summed E-state index contributed by atoms with van der Waals surface area (Å²) < 4.78 is 12.2. The van der Waals surface area contributed by atoms with Gasteiger partial charge >= 0.3 is 0 Å². The summed E-state index contributed by atoms with van der Waals surface area (Å²) in [6.07, 6.45) is 7.91. The van der Waals surface area contributed by atoms with Crippen molar-refractivity contribution in [3.63, 3.8) is 0 Å². The lowest BCUT2D eigenvalue weighted by Gasteiger charge is -2.33. The Labute approximate surface area is 87.6 Å². The molecule has 1 unspecified atom stereocenters. The quantitative estimate of drug-likeness (QED) is 0.713. The minimum Gasteiger partial charge on any atom is -0.344 e. The average Bonchev–Trinajstić information content (AvgIpc) is 2.65. The number of hydrogen-bond acceptors (Lipinski definition) is 1. The Morgan fingerprint density at radius 1 is 1.29 bits per heavy atom. The van der Waals surface area contributed by atoms with Crippen molar-refractivity contribution in [1.82, 2.24) is 0 Å². The van der Waals surface area contributed by atoms with Gasteiger partial charge in [-0.1, -0.05) is 39.5 Å². The summed E-state index contributed by atoms with van der Waals surface area (Å²) in [4.78, 5) is 10.1. The molecule has 0 aliphatic heterocycles. The third kappa shape index (κ3) is 2.23. The fraction of sp³-hybridized carbons (Fsp3) is 1.00. The summed E-state index contributed by atoms with van der Waals surface area (Å²) in [7, 11) is -2.88. The SMILES string of the molecule is CCCCC1(P(=O)(O)CC)CCCC1. The van der Waals surface area contributed by atoms with Crippen LogP contribution in [0.1, 0.15) is 58.8 Å². The van der Waals surface area contributed by atoms with Gasteiger partial charge in [0, 0.05) is 11.3 Å². The minimum absolute atomic E-state index is 0.197. The molecule has 1 aliphatic rings. The maximum Gasteiger partial charge on any atom is 0.206 e. The van der Waals surface area contributed by atoms with Crippen LogP contribution in [0.2, 0.25) is 0 Å². The Morgan fingerprint density at radius 3 is 2.29 bits per heavy atom. The molecule has 1 N–H and O–H groups in total. The van der Waals surface area contributed by atoms with E-state index in [9.17, 15) is 9.46 Å². The second kappa shape index (κ2) is 4.81. The molecule has 0 aromatic rings. The molecule has 1 aliphatic carbocycles. The van der Waals surface area contributed by atoms with Crippen molar-refractivity contribution >= 4 is 7.37 Å². The van der Waals surface area contributed by atoms with Gasteiger partial charge in [-0.3, -0.25) is 4.57 Å². The molecular weight excluding hydrogens is 195 g/mol. The van der Waals surface area contributed by atoms with Gasteiger partial charge < -0.3 is 4.89 Å². The van der Waals surface area contributed by atoms with Crippen molar-refractivity contribution in [2.45, 2.75) is 63.9 Å². The van der Waals surface area contributed by atoms with E-state index in [0.29, 0.717) is 6.16 Å². The van der Waals surface area contributed by atoms with Crippen LogP contribution < -0.4 is 0 Å². The van der Waals surface area contributed by atoms with Gasteiger partial charge in [0.15, 0.2) is 0 Å². The molecule has 1 fully saturated rings. The number of unbranched alkanes of at least 4 members (excludes halogenated alkanes) is 1. The summed E-state index contributed by atoms with van der Waals surface area (Å²) in [6, 6.07) is 0. The van der Waals surface area contributed by atoms with E-state index in [2.05, 4.69) is 6.92 Å². The summed E-state index contributed by atoms with van der Waals surface area (Å²) >= 11 is 0. The average molecular weight is 218 g/mol. The monoisotopic (exact) mass is 218 g/mol. The Bertz CT molecular complexity index is 219. The van der Waals surface area contributed by atoms with Gasteiger partial charge in [0.25, 0.3) is 0 Å². The summed E-state index contributed by atoms with van der Waals surface area (Å²) in [5.74, 6) is 0. The van der Waals surface area contributed by atoms with Crippen LogP contribution in [0.4, 0.5) is 0 Å². The van der Waals surface area contributed by atoms with Crippen LogP contribution in [0.25, 0.3) is 0 Å². The van der Waals surface area contributed by atoms with Crippen molar-refractivity contribution in [3.05, 3.63) is 0 Å². The summed E-state index contributed by atoms with van der Waals surface area (Å²) in [5.41, 5.74) is 0. The maximum atomic E-state index is 12.2. The fourth-order valence-electron chi connectivity index (χ4n) is 2.65. The molecule has 0 spiro atoms. The van der Waals surface area contributed by atoms with Gasteiger partial charge in [0.05, 0.1) is 0 Å². The lowest BCUT2D eigenvalue weighted by Crippen LogP contribution is -2.25. The van der Waals surface area contributed by atoms with Crippen LogP contribution in [-0.2, 0) is 4.57 Å². The topological polar surface area (TPSA) is 37.3 Å². The van der Waals surface area contributed by atoms with Crippen molar-refractivity contribution in [1.29, 1.82) is 0 Å². The van der Waals surface area contributed by atoms with Crippen molar-refractivity contribution < 1.29 is 9.46 Å². The van der Waals surface area contributed by atoms with Crippen LogP contribution >= 0.6 is 7.37 Å². The van der Waals surface area contributed by atoms with E-state index < -0.39 is 7.37 Å². The highest BCUT2D eigenvalue weighted by Crippen LogP contribution is 2.63. The van der Waals surface area contributed by atoms with E-state index in [1.807, 2.05) is 6.92 Å². The van der Waals surface area contributed by atoms with E-state index in [4.69, 9.17) is 0 Å². The lowest BCUT2D eigenvalue weighted by molar-refractivity contribution is 0.398. The standard InChI is InChI=1S/C11H23O2P/c1-3-5-8-11(9-6-7-10-11)14(12,13)4-2/h3-10H2,1-2H3,(H,12,13). The van der Waals surface area contributed by atoms with Gasteiger partial charge in [-0.25, -0.2) is 0 Å². The van der Waals surface area contributed by atoms with Crippen LogP contribution in [-0.4, -0.2) is 16.2 Å². The van der Waals surface area contributed by atoms with Gasteiger partial charge in [-0.05, 0) is 19.3 Å². The Kier molecular flexibility index (Phi) is 4.21. The second-order valence-electron chi connectivity index (χ2n) is 4.55. The molecule has 0 radical (unpaired) electrons. The largest absolute Gasteiger partial charge is 0.344 e. The van der Waals surface area contributed by atoms with Crippen LogP contribution in [0.5, 0.6) is 0 Å². The zero-order valence-electron chi connectivity index (χ0n) is 9.46. The normalized spacial score (nSPS) is 24.8. The summed E-state index contributed by atoms with van der Waals surface area (Å²) in [6.45, 7) is 4.00. The molecule has 2 nitrogen and oxygen atoms in total. The first-order valence-corrected chi connectivity index (χ1v) is 7.74. The molecule has 3 heteroatoms. The van der Waals surface area contributed by atoms with E-state index in [0.717, 1.165) is 44.9 Å². The zero-order valence-corrected chi connectivity index (χ0v) is 10.4. The van der Waals surface area contributed by atoms with Crippen molar-refractivity contribution in [2.24, 2.45) is 0 Å². The van der Waals surface area contributed by atoms with E-state index in [-0.39, 0.29) is 5.16 Å². The molecule has 1 atom stereocenters. The van der Waals surface area contributed by atoms with Crippen molar-refractivity contribution in [3.8, 4) is 0 Å². The Morgan fingerprint density at radius 2 is 1.86 bits per heavy atom. The van der Waals surface area contributed by atoms with Gasteiger partial charge in [0.2, 0.25) is 7.37 Å². The smallest absolute Gasteiger partial charge is 0.206 e. The minimum atomic E-state index is -2.88. The molecule has 0 bridgehead atoms. The molecule has 0 saturated heterocycles. The molecule has 1 saturated carbocycles. The van der Waals surface area contributed by atoms with Gasteiger partial charge in [-0.15, -0.1) is 0 Å². The predicted octanol–water partition coefficient (Wildman–Crippen LogP) is 3.78. The molecule has 0 amide bonds. The Balaban J connectivity index is 2.76. The zero-order chi connectivity index (χ0) is 10.7. The van der Waals surface area contributed by atoms with Crippen LogP contribution in [0, 0.1) is 0 Å². The predicted molar refractivity (Wildman–Crippen MR) is 61.1 cm³/mol. The third-order valence-electron chi connectivity index (χ3n) is 3.70. The third-order valence-corrected chi connectivity index (χ3v) is 6.71. The van der Waals surface area contributed by atoms with Gasteiger partial charge in [0.1, 0.15) is 0 Å². The lowest BCUT2D eigenvalue weighted by atomic mass is 10.00. The van der Waals surface area contributed by atoms with E-state index in [1.54, 1.807) is 0 Å². The molecule has 84 valence electrons. The first kappa shape index (κ1) is 12.3. The van der Waals surface area contributed by atoms with Crippen LogP contribution in [0.15, 0.2) is 0 Å². The highest BCUT2D eigenvalue weighted by molar-refractivity contribution is 7.59. The first-order chi connectivity index (χ1) is 6.58. The molecule has 1 rings (SSSR count). The summed E-state index contributed by atoms with van der Waals surface area (Å²) in [5, 5.41) is -0.197. The Hall–Kier alpha value is 0.190. The van der Waals surface area contributed by atoms with Gasteiger partial charge in [-0.2, -0.15) is 0 Å². The number of hydrogen-bond donors (Lipinski definition) is 1. The second-order valence-corrected chi connectivity index (χ2v) is 7.54. The number of rotatable bonds is 5. The molecule has 0 aromatic heterocycles. The van der Waals surface area contributed by atoms with E-state index in [1.165, 1.54) is 0 Å². The fourth-order valence-corrected chi connectivity index (χ4v) is 4.84. The first-order valence-electron chi connectivity index (χ1n) is 5.90. The van der Waals surface area contributed by atoms with E-state index >= 15 is 0 Å². The molecular formula is C11H23O2P. The maximum absolute atomic E-state index is 12.2. The molecule has 0 aromatic carbocycles. The van der Waals surface area contributed by atoms with Crippen LogP contribution in [0.3, 0.4) is 0 Å². The molecule has 14 heavy (non-hydrogen) atoms. The highest BCUT2D eigenvalue weighted by atomic mass is 31.2. The molecule has 0 heterocycles.